The van der Waals surface area contributed by atoms with E-state index in [1.165, 1.54) is 21.8 Å². The van der Waals surface area contributed by atoms with Gasteiger partial charge in [-0.2, -0.15) is 5.26 Å². The lowest BCUT2D eigenvalue weighted by Gasteiger charge is -2.13. The molecule has 11 rings (SSSR count). The van der Waals surface area contributed by atoms with Gasteiger partial charge in [0.25, 0.3) is 0 Å². The smallest absolute Gasteiger partial charge is 0.160 e. The lowest BCUT2D eigenvalue weighted by Crippen LogP contribution is -1.97. The average Bonchev–Trinajstić information content (AvgIpc) is 3.82. The first kappa shape index (κ1) is 33.3. The van der Waals surface area contributed by atoms with Crippen molar-refractivity contribution in [1.29, 1.82) is 5.26 Å². The molecule has 5 nitrogen and oxygen atoms in total. The van der Waals surface area contributed by atoms with Gasteiger partial charge in [0.1, 0.15) is 0 Å². The summed E-state index contributed by atoms with van der Waals surface area (Å²) in [6.07, 6.45) is 0. The van der Waals surface area contributed by atoms with E-state index in [4.69, 9.17) is 9.97 Å². The summed E-state index contributed by atoms with van der Waals surface area (Å²) in [5, 5.41) is 15.4. The molecule has 0 aliphatic carbocycles. The second kappa shape index (κ2) is 13.6. The van der Waals surface area contributed by atoms with Crippen LogP contribution in [0.5, 0.6) is 0 Å². The molecule has 0 amide bonds. The third kappa shape index (κ3) is 5.47. The zero-order chi connectivity index (χ0) is 38.6. The summed E-state index contributed by atoms with van der Waals surface area (Å²) in [4.78, 5) is 9.95. The predicted molar refractivity (Wildman–Crippen MR) is 237 cm³/mol. The third-order valence-electron chi connectivity index (χ3n) is 11.2. The standard InChI is InChI=1S/C53H33N5/c54-34-39-31-40(27-29-42(39)35-23-25-37(26-24-35)48-33-47(36-13-3-1-4-14-36)55-53(56-48)38-15-5-2-6-16-38)57-51-22-12-9-19-45(51)46-32-41(28-30-52(46)57)58-49-20-10-7-17-43(49)44-18-8-11-21-50(44)58/h1-33H. The molecule has 5 heteroatoms. The average molecular weight is 740 g/mol. The van der Waals surface area contributed by atoms with E-state index in [2.05, 4.69) is 155 Å². The monoisotopic (exact) mass is 739 g/mol. The number of aromatic nitrogens is 4. The summed E-state index contributed by atoms with van der Waals surface area (Å²) in [6, 6.07) is 71.8. The lowest BCUT2D eigenvalue weighted by molar-refractivity contribution is 1.16. The van der Waals surface area contributed by atoms with E-state index in [1.54, 1.807) is 0 Å². The third-order valence-corrected chi connectivity index (χ3v) is 11.2. The Hall–Kier alpha value is -8.07. The fourth-order valence-electron chi connectivity index (χ4n) is 8.48. The summed E-state index contributed by atoms with van der Waals surface area (Å²) < 4.78 is 4.64. The maximum absolute atomic E-state index is 10.6. The van der Waals surface area contributed by atoms with Crippen LogP contribution in [0, 0.1) is 11.3 Å². The van der Waals surface area contributed by atoms with Gasteiger partial charge < -0.3 is 9.13 Å². The molecule has 270 valence electrons. The van der Waals surface area contributed by atoms with E-state index in [1.807, 2.05) is 60.7 Å². The minimum atomic E-state index is 0.609. The molecule has 0 N–H and O–H groups in total. The lowest BCUT2D eigenvalue weighted by atomic mass is 9.97. The summed E-state index contributed by atoms with van der Waals surface area (Å²) >= 11 is 0. The normalized spacial score (nSPS) is 11.4. The number of rotatable bonds is 6. The van der Waals surface area contributed by atoms with E-state index in [0.717, 1.165) is 72.4 Å². The van der Waals surface area contributed by atoms with E-state index in [-0.39, 0.29) is 0 Å². The van der Waals surface area contributed by atoms with Crippen LogP contribution in [0.2, 0.25) is 0 Å². The van der Waals surface area contributed by atoms with Crippen molar-refractivity contribution in [2.75, 3.05) is 0 Å². The van der Waals surface area contributed by atoms with Crippen LogP contribution in [0.15, 0.2) is 200 Å². The van der Waals surface area contributed by atoms with Crippen molar-refractivity contribution in [3.8, 4) is 62.5 Å². The number of hydrogen-bond donors (Lipinski definition) is 0. The molecule has 0 saturated carbocycles. The summed E-state index contributed by atoms with van der Waals surface area (Å²) in [7, 11) is 0. The van der Waals surface area contributed by atoms with Crippen LogP contribution < -0.4 is 0 Å². The molecule has 0 radical (unpaired) electrons. The van der Waals surface area contributed by atoms with Crippen molar-refractivity contribution in [3.05, 3.63) is 206 Å². The van der Waals surface area contributed by atoms with Crippen LogP contribution >= 0.6 is 0 Å². The first-order valence-corrected chi connectivity index (χ1v) is 19.4. The highest BCUT2D eigenvalue weighted by molar-refractivity contribution is 6.12. The predicted octanol–water partition coefficient (Wildman–Crippen LogP) is 13.2. The molecule has 0 saturated heterocycles. The van der Waals surface area contributed by atoms with E-state index >= 15 is 0 Å². The molecule has 0 spiro atoms. The van der Waals surface area contributed by atoms with Crippen molar-refractivity contribution in [3.63, 3.8) is 0 Å². The van der Waals surface area contributed by atoms with Gasteiger partial charge in [0.05, 0.1) is 45.1 Å². The van der Waals surface area contributed by atoms with Gasteiger partial charge in [-0.3, -0.25) is 0 Å². The summed E-state index contributed by atoms with van der Waals surface area (Å²) in [6.45, 7) is 0. The largest absolute Gasteiger partial charge is 0.309 e. The quantitative estimate of drug-likeness (QED) is 0.171. The Balaban J connectivity index is 0.986. The zero-order valence-corrected chi connectivity index (χ0v) is 31.3. The van der Waals surface area contributed by atoms with Crippen molar-refractivity contribution >= 4 is 43.6 Å². The van der Waals surface area contributed by atoms with Crippen LogP contribution in [0.25, 0.3) is 100 Å². The molecule has 0 fully saturated rings. The summed E-state index contributed by atoms with van der Waals surface area (Å²) in [5.41, 5.74) is 13.7. The van der Waals surface area contributed by atoms with Crippen molar-refractivity contribution < 1.29 is 0 Å². The van der Waals surface area contributed by atoms with Crippen molar-refractivity contribution in [2.24, 2.45) is 0 Å². The van der Waals surface area contributed by atoms with Gasteiger partial charge in [-0.15, -0.1) is 0 Å². The van der Waals surface area contributed by atoms with Gasteiger partial charge in [0.15, 0.2) is 5.82 Å². The molecule has 0 bridgehead atoms. The van der Waals surface area contributed by atoms with Crippen LogP contribution in [0.4, 0.5) is 0 Å². The molecule has 0 atom stereocenters. The zero-order valence-electron chi connectivity index (χ0n) is 31.3. The SMILES string of the molecule is N#Cc1cc(-n2c3ccccc3c3cc(-n4c5ccccc5c5ccccc54)ccc32)ccc1-c1ccc(-c2cc(-c3ccccc3)nc(-c3ccccc3)n2)cc1. The number of para-hydroxylation sites is 3. The fraction of sp³-hybridized carbons (Fsp3) is 0. The number of nitriles is 1. The number of hydrogen-bond acceptors (Lipinski definition) is 3. The van der Waals surface area contributed by atoms with E-state index < -0.39 is 0 Å². The van der Waals surface area contributed by atoms with Gasteiger partial charge in [-0.05, 0) is 65.7 Å². The molecule has 0 unspecified atom stereocenters. The van der Waals surface area contributed by atoms with Crippen LogP contribution in [0.3, 0.4) is 0 Å². The van der Waals surface area contributed by atoms with E-state index in [9.17, 15) is 5.26 Å². The van der Waals surface area contributed by atoms with Gasteiger partial charge in [-0.25, -0.2) is 9.97 Å². The highest BCUT2D eigenvalue weighted by Gasteiger charge is 2.18. The Kier molecular flexibility index (Phi) is 7.80. The molecule has 11 aromatic rings. The van der Waals surface area contributed by atoms with Crippen LogP contribution in [0.1, 0.15) is 5.56 Å². The Bertz CT molecular complexity index is 3280. The van der Waals surface area contributed by atoms with Crippen molar-refractivity contribution in [1.82, 2.24) is 19.1 Å². The number of benzene rings is 8. The Morgan fingerprint density at radius 1 is 0.362 bits per heavy atom. The topological polar surface area (TPSA) is 59.4 Å². The molecule has 3 heterocycles. The van der Waals surface area contributed by atoms with Gasteiger partial charge in [0.2, 0.25) is 0 Å². The van der Waals surface area contributed by atoms with Crippen molar-refractivity contribution in [2.45, 2.75) is 0 Å². The number of nitrogens with zero attached hydrogens (tertiary/aromatic N) is 5. The van der Waals surface area contributed by atoms with E-state index in [0.29, 0.717) is 11.4 Å². The maximum Gasteiger partial charge on any atom is 0.160 e. The fourth-order valence-corrected chi connectivity index (χ4v) is 8.48. The Morgan fingerprint density at radius 3 is 1.40 bits per heavy atom. The molecule has 0 aliphatic rings. The molecule has 8 aromatic carbocycles. The van der Waals surface area contributed by atoms with Crippen LogP contribution in [-0.2, 0) is 0 Å². The first-order valence-electron chi connectivity index (χ1n) is 19.4. The van der Waals surface area contributed by atoms with Gasteiger partial charge in [0, 0.05) is 49.6 Å². The Morgan fingerprint density at radius 2 is 0.810 bits per heavy atom. The first-order chi connectivity index (χ1) is 28.7. The molecule has 0 aliphatic heterocycles. The highest BCUT2D eigenvalue weighted by atomic mass is 15.0. The Labute approximate surface area is 335 Å². The molecular formula is C53H33N5. The minimum absolute atomic E-state index is 0.609. The summed E-state index contributed by atoms with van der Waals surface area (Å²) in [5.74, 6) is 0.677. The highest BCUT2D eigenvalue weighted by Crippen LogP contribution is 2.38. The van der Waals surface area contributed by atoms with Gasteiger partial charge >= 0.3 is 0 Å². The molecular weight excluding hydrogens is 707 g/mol. The molecule has 58 heavy (non-hydrogen) atoms. The minimum Gasteiger partial charge on any atom is -0.309 e. The number of fused-ring (bicyclic) bond motifs is 6. The van der Waals surface area contributed by atoms with Gasteiger partial charge in [-0.1, -0.05) is 146 Å². The second-order valence-electron chi connectivity index (χ2n) is 14.5. The second-order valence-corrected chi connectivity index (χ2v) is 14.5. The van der Waals surface area contributed by atoms with Crippen LogP contribution in [-0.4, -0.2) is 19.1 Å². The molecule has 3 aromatic heterocycles. The maximum atomic E-state index is 10.6.